The van der Waals surface area contributed by atoms with Crippen LogP contribution in [-0.4, -0.2) is 50.1 Å². The van der Waals surface area contributed by atoms with Crippen molar-refractivity contribution in [2.24, 2.45) is 16.5 Å². The molecule has 0 radical (unpaired) electrons. The number of aromatic amines is 1. The molecule has 0 bridgehead atoms. The van der Waals surface area contributed by atoms with Gasteiger partial charge in [-0.25, -0.2) is 0 Å². The van der Waals surface area contributed by atoms with E-state index < -0.39 is 5.54 Å². The summed E-state index contributed by atoms with van der Waals surface area (Å²) in [5.74, 6) is 0.862. The van der Waals surface area contributed by atoms with Crippen molar-refractivity contribution in [2.75, 3.05) is 11.9 Å². The van der Waals surface area contributed by atoms with Crippen LogP contribution >= 0.6 is 12.2 Å². The van der Waals surface area contributed by atoms with Gasteiger partial charge in [-0.3, -0.25) is 4.99 Å². The zero-order chi connectivity index (χ0) is 15.3. The Morgan fingerprint density at radius 2 is 2.25 bits per heavy atom. The lowest BCUT2D eigenvalue weighted by Gasteiger charge is -2.35. The normalized spacial score (nSPS) is 16.6. The number of nitrogens with zero attached hydrogens (tertiary/aromatic N) is 5. The van der Waals surface area contributed by atoms with Crippen LogP contribution in [-0.2, 0) is 0 Å². The monoisotopic (exact) mass is 298 g/mol. The summed E-state index contributed by atoms with van der Waals surface area (Å²) in [6.45, 7) is 5.65. The van der Waals surface area contributed by atoms with Gasteiger partial charge in [-0.2, -0.15) is 5.21 Å². The molecule has 8 nitrogen and oxygen atoms in total. The highest BCUT2D eigenvalue weighted by Crippen LogP contribution is 2.21. The van der Waals surface area contributed by atoms with Crippen LogP contribution in [0.1, 0.15) is 33.6 Å². The summed E-state index contributed by atoms with van der Waals surface area (Å²) in [7, 11) is 1.75. The third-order valence-corrected chi connectivity index (χ3v) is 3.73. The van der Waals surface area contributed by atoms with Gasteiger partial charge in [-0.1, -0.05) is 30.7 Å². The van der Waals surface area contributed by atoms with E-state index in [0.717, 1.165) is 12.8 Å². The molecular formula is C11H22N8S. The summed E-state index contributed by atoms with van der Waals surface area (Å²) in [6, 6.07) is -0.195. The standard InChI is InChI=1S/C11H22N8S/c1-5-6-8(14-7(2)12)11(3,13)9(20)19(4)10-15-17-18-16-10/h8H,5-6,13H2,1-4H3,(H2,12,14)(H,15,16,17,18). The minimum absolute atomic E-state index is 0.195. The van der Waals surface area contributed by atoms with E-state index in [9.17, 15) is 0 Å². The maximum absolute atomic E-state index is 6.41. The largest absolute Gasteiger partial charge is 0.388 e. The molecule has 1 heterocycles. The van der Waals surface area contributed by atoms with E-state index in [1.54, 1.807) is 18.9 Å². The van der Waals surface area contributed by atoms with E-state index in [1.807, 2.05) is 6.92 Å². The number of tetrazole rings is 1. The molecule has 0 saturated heterocycles. The number of nitrogens with one attached hydrogen (secondary N) is 1. The Morgan fingerprint density at radius 3 is 2.70 bits per heavy atom. The van der Waals surface area contributed by atoms with Crippen LogP contribution < -0.4 is 16.4 Å². The molecule has 0 saturated carbocycles. The number of thiocarbonyl (C=S) groups is 1. The van der Waals surface area contributed by atoms with Gasteiger partial charge in [0.2, 0.25) is 0 Å². The molecule has 2 atom stereocenters. The molecule has 1 aromatic heterocycles. The van der Waals surface area contributed by atoms with Crippen molar-refractivity contribution in [3.63, 3.8) is 0 Å². The highest BCUT2D eigenvalue weighted by molar-refractivity contribution is 7.80. The van der Waals surface area contributed by atoms with Crippen LogP contribution in [0.5, 0.6) is 0 Å². The topological polar surface area (TPSA) is 122 Å². The highest BCUT2D eigenvalue weighted by Gasteiger charge is 2.37. The number of likely N-dealkylation sites (N-methyl/N-ethyl adjacent to an activating group) is 1. The maximum Gasteiger partial charge on any atom is 0.270 e. The van der Waals surface area contributed by atoms with Crippen molar-refractivity contribution in [1.29, 1.82) is 0 Å². The molecule has 0 spiro atoms. The van der Waals surface area contributed by atoms with E-state index in [4.69, 9.17) is 23.7 Å². The molecule has 5 N–H and O–H groups in total. The average molecular weight is 298 g/mol. The molecule has 0 amide bonds. The fraction of sp³-hybridized carbons (Fsp3) is 0.727. The predicted molar refractivity (Wildman–Crippen MR) is 83.8 cm³/mol. The second-order valence-corrected chi connectivity index (χ2v) is 5.32. The van der Waals surface area contributed by atoms with Crippen molar-refractivity contribution in [2.45, 2.75) is 45.2 Å². The molecule has 9 heteroatoms. The molecule has 20 heavy (non-hydrogen) atoms. The first-order valence-corrected chi connectivity index (χ1v) is 6.81. The molecule has 0 aliphatic carbocycles. The molecule has 112 valence electrons. The molecule has 2 unspecified atom stereocenters. The van der Waals surface area contributed by atoms with Crippen LogP contribution in [0.2, 0.25) is 0 Å². The lowest BCUT2D eigenvalue weighted by molar-refractivity contribution is 0.454. The minimum atomic E-state index is -0.832. The van der Waals surface area contributed by atoms with Crippen molar-refractivity contribution in [3.8, 4) is 0 Å². The van der Waals surface area contributed by atoms with E-state index in [1.165, 1.54) is 0 Å². The lowest BCUT2D eigenvalue weighted by Crippen LogP contribution is -2.58. The Hall–Kier alpha value is -1.61. The average Bonchev–Trinajstić information content (AvgIpc) is 2.89. The van der Waals surface area contributed by atoms with Crippen molar-refractivity contribution in [3.05, 3.63) is 0 Å². The van der Waals surface area contributed by atoms with Crippen molar-refractivity contribution >= 4 is 29.0 Å². The lowest BCUT2D eigenvalue weighted by atomic mass is 9.89. The van der Waals surface area contributed by atoms with Gasteiger partial charge in [-0.05, 0) is 25.5 Å². The summed E-state index contributed by atoms with van der Waals surface area (Å²) in [4.78, 5) is 6.53. The van der Waals surface area contributed by atoms with Gasteiger partial charge in [-0.15, -0.1) is 5.10 Å². The summed E-state index contributed by atoms with van der Waals surface area (Å²) in [5, 5.41) is 13.7. The third kappa shape index (κ3) is 3.70. The number of amidine groups is 1. The number of anilines is 1. The summed E-state index contributed by atoms with van der Waals surface area (Å²) >= 11 is 5.47. The smallest absolute Gasteiger partial charge is 0.270 e. The summed E-state index contributed by atoms with van der Waals surface area (Å²) in [5.41, 5.74) is 11.3. The second-order valence-electron chi connectivity index (χ2n) is 4.93. The molecule has 0 fully saturated rings. The number of hydrogen-bond acceptors (Lipinski definition) is 6. The molecule has 0 aromatic carbocycles. The number of rotatable bonds is 6. The number of nitrogens with two attached hydrogens (primary N) is 2. The number of hydrogen-bond donors (Lipinski definition) is 3. The number of H-pyrrole nitrogens is 1. The summed E-state index contributed by atoms with van der Waals surface area (Å²) < 4.78 is 0. The van der Waals surface area contributed by atoms with Crippen LogP contribution in [0.3, 0.4) is 0 Å². The fourth-order valence-corrected chi connectivity index (χ4v) is 2.13. The zero-order valence-corrected chi connectivity index (χ0v) is 13.1. The molecule has 1 rings (SSSR count). The Morgan fingerprint density at radius 1 is 1.60 bits per heavy atom. The van der Waals surface area contributed by atoms with Gasteiger partial charge in [0, 0.05) is 7.05 Å². The molecule has 1 aromatic rings. The first kappa shape index (κ1) is 16.4. The predicted octanol–water partition coefficient (Wildman–Crippen LogP) is 0.227. The van der Waals surface area contributed by atoms with E-state index in [0.29, 0.717) is 16.8 Å². The van der Waals surface area contributed by atoms with E-state index >= 15 is 0 Å². The van der Waals surface area contributed by atoms with Gasteiger partial charge >= 0.3 is 0 Å². The van der Waals surface area contributed by atoms with E-state index in [-0.39, 0.29) is 6.04 Å². The van der Waals surface area contributed by atoms with Crippen LogP contribution in [0, 0.1) is 0 Å². The highest BCUT2D eigenvalue weighted by atomic mass is 32.1. The Labute approximate surface area is 124 Å². The summed E-state index contributed by atoms with van der Waals surface area (Å²) in [6.07, 6.45) is 1.73. The van der Waals surface area contributed by atoms with Gasteiger partial charge in [0.1, 0.15) is 4.99 Å². The van der Waals surface area contributed by atoms with E-state index in [2.05, 4.69) is 32.5 Å². The van der Waals surface area contributed by atoms with Crippen LogP contribution in [0.25, 0.3) is 0 Å². The van der Waals surface area contributed by atoms with Crippen LogP contribution in [0.4, 0.5) is 5.95 Å². The van der Waals surface area contributed by atoms with Crippen molar-refractivity contribution in [1.82, 2.24) is 20.6 Å². The Bertz CT molecular complexity index is 463. The first-order chi connectivity index (χ1) is 9.30. The number of aliphatic imine (C=N–C) groups is 1. The third-order valence-electron chi connectivity index (χ3n) is 3.01. The van der Waals surface area contributed by atoms with Gasteiger partial charge in [0.15, 0.2) is 0 Å². The quantitative estimate of drug-likeness (QED) is 0.390. The van der Waals surface area contributed by atoms with Crippen molar-refractivity contribution < 1.29 is 0 Å². The van der Waals surface area contributed by atoms with Crippen LogP contribution in [0.15, 0.2) is 4.99 Å². The Balaban J connectivity index is 2.99. The van der Waals surface area contributed by atoms with Gasteiger partial charge < -0.3 is 16.4 Å². The maximum atomic E-state index is 6.41. The second kappa shape index (κ2) is 6.71. The molecule has 0 aliphatic rings. The van der Waals surface area contributed by atoms with Gasteiger partial charge in [0.05, 0.1) is 17.4 Å². The number of aromatic nitrogens is 4. The molecule has 0 aliphatic heterocycles. The Kier molecular flexibility index (Phi) is 5.52. The fourth-order valence-electron chi connectivity index (χ4n) is 1.91. The first-order valence-electron chi connectivity index (χ1n) is 6.41. The minimum Gasteiger partial charge on any atom is -0.388 e. The van der Waals surface area contributed by atoms with Gasteiger partial charge in [0.25, 0.3) is 5.95 Å². The zero-order valence-electron chi connectivity index (χ0n) is 12.3. The molecular weight excluding hydrogens is 276 g/mol. The SMILES string of the molecule is CCCC(N=C(C)N)C(C)(N)C(=S)N(C)c1nn[nH]n1.